The van der Waals surface area contributed by atoms with Gasteiger partial charge in [-0.25, -0.2) is 14.8 Å². The highest BCUT2D eigenvalue weighted by atomic mass is 16.6. The number of aryl methyl sites for hydroxylation is 1. The molecule has 0 aliphatic rings. The summed E-state index contributed by atoms with van der Waals surface area (Å²) in [4.78, 5) is 19.2. The molecule has 5 nitrogen and oxygen atoms in total. The maximum absolute atomic E-state index is 11.3. The fourth-order valence-corrected chi connectivity index (χ4v) is 1.26. The largest absolute Gasteiger partial charge is 0.444 e. The monoisotopic (exact) mass is 237 g/mol. The first-order valence-electron chi connectivity index (χ1n) is 5.68. The van der Waals surface area contributed by atoms with Crippen molar-refractivity contribution in [2.75, 3.05) is 6.54 Å². The van der Waals surface area contributed by atoms with Crippen LogP contribution >= 0.6 is 0 Å². The Morgan fingerprint density at radius 1 is 1.35 bits per heavy atom. The molecule has 0 aliphatic carbocycles. The summed E-state index contributed by atoms with van der Waals surface area (Å²) in [6, 6.07) is 0. The van der Waals surface area contributed by atoms with Gasteiger partial charge < -0.3 is 10.1 Å². The molecular formula is C12H19N3O2. The number of hydrogen-bond donors (Lipinski definition) is 1. The summed E-state index contributed by atoms with van der Waals surface area (Å²) < 4.78 is 5.12. The van der Waals surface area contributed by atoms with Crippen LogP contribution in [0.15, 0.2) is 18.7 Å². The lowest BCUT2D eigenvalue weighted by molar-refractivity contribution is 0.0527. The first kappa shape index (κ1) is 13.4. The van der Waals surface area contributed by atoms with E-state index in [0.717, 1.165) is 18.4 Å². The number of carbonyl (C=O) groups excluding carboxylic acids is 1. The Morgan fingerprint density at radius 3 is 2.59 bits per heavy atom. The Labute approximate surface area is 102 Å². The second-order valence-corrected chi connectivity index (χ2v) is 4.78. The number of nitrogens with one attached hydrogen (secondary N) is 1. The minimum absolute atomic E-state index is 0.373. The van der Waals surface area contributed by atoms with Gasteiger partial charge in [0.2, 0.25) is 0 Å². The Morgan fingerprint density at radius 2 is 2.00 bits per heavy atom. The lowest BCUT2D eigenvalue weighted by atomic mass is 10.2. The molecule has 1 aromatic rings. The molecule has 0 atom stereocenters. The number of amides is 1. The zero-order valence-electron chi connectivity index (χ0n) is 10.6. The average Bonchev–Trinajstić information content (AvgIpc) is 2.23. The van der Waals surface area contributed by atoms with E-state index >= 15 is 0 Å². The zero-order chi connectivity index (χ0) is 12.7. The van der Waals surface area contributed by atoms with Gasteiger partial charge in [-0.2, -0.15) is 0 Å². The summed E-state index contributed by atoms with van der Waals surface area (Å²) in [6.07, 6.45) is 6.37. The van der Waals surface area contributed by atoms with E-state index in [9.17, 15) is 4.79 Å². The maximum Gasteiger partial charge on any atom is 0.407 e. The highest BCUT2D eigenvalue weighted by Gasteiger charge is 2.15. The van der Waals surface area contributed by atoms with Crippen LogP contribution in [0.4, 0.5) is 4.79 Å². The third-order valence-electron chi connectivity index (χ3n) is 1.92. The first-order valence-corrected chi connectivity index (χ1v) is 5.68. The van der Waals surface area contributed by atoms with Crippen molar-refractivity contribution in [3.63, 3.8) is 0 Å². The van der Waals surface area contributed by atoms with Crippen LogP contribution in [0.3, 0.4) is 0 Å². The van der Waals surface area contributed by atoms with Gasteiger partial charge in [-0.05, 0) is 39.2 Å². The number of nitrogens with zero attached hydrogens (tertiary/aromatic N) is 2. The molecule has 1 heterocycles. The smallest absolute Gasteiger partial charge is 0.407 e. The van der Waals surface area contributed by atoms with Gasteiger partial charge in [0, 0.05) is 18.9 Å². The van der Waals surface area contributed by atoms with Crippen molar-refractivity contribution in [2.45, 2.75) is 39.2 Å². The van der Waals surface area contributed by atoms with E-state index in [1.165, 1.54) is 6.33 Å². The van der Waals surface area contributed by atoms with Crippen molar-refractivity contribution in [2.24, 2.45) is 0 Å². The summed E-state index contributed by atoms with van der Waals surface area (Å²) in [7, 11) is 0. The Kier molecular flexibility index (Phi) is 4.87. The fourth-order valence-electron chi connectivity index (χ4n) is 1.26. The van der Waals surface area contributed by atoms with Crippen molar-refractivity contribution < 1.29 is 9.53 Å². The number of carbonyl (C=O) groups is 1. The molecule has 17 heavy (non-hydrogen) atoms. The molecular weight excluding hydrogens is 218 g/mol. The van der Waals surface area contributed by atoms with E-state index in [1.54, 1.807) is 12.4 Å². The van der Waals surface area contributed by atoms with Gasteiger partial charge in [-0.15, -0.1) is 0 Å². The highest BCUT2D eigenvalue weighted by molar-refractivity contribution is 5.67. The van der Waals surface area contributed by atoms with Crippen molar-refractivity contribution in [1.29, 1.82) is 0 Å². The van der Waals surface area contributed by atoms with Gasteiger partial charge in [-0.3, -0.25) is 0 Å². The van der Waals surface area contributed by atoms with Crippen LogP contribution in [-0.2, 0) is 11.2 Å². The van der Waals surface area contributed by atoms with Crippen LogP contribution in [0.2, 0.25) is 0 Å². The average molecular weight is 237 g/mol. The molecule has 5 heteroatoms. The first-order chi connectivity index (χ1) is 7.97. The fraction of sp³-hybridized carbons (Fsp3) is 0.583. The maximum atomic E-state index is 11.3. The van der Waals surface area contributed by atoms with E-state index in [0.29, 0.717) is 6.54 Å². The van der Waals surface area contributed by atoms with Gasteiger partial charge in [0.25, 0.3) is 0 Å². The van der Waals surface area contributed by atoms with Crippen LogP contribution in [0.25, 0.3) is 0 Å². The number of alkyl carbamates (subject to hydrolysis) is 1. The number of hydrogen-bond acceptors (Lipinski definition) is 4. The summed E-state index contributed by atoms with van der Waals surface area (Å²) >= 11 is 0. The standard InChI is InChI=1S/C12H19N3O2/c1-12(2,3)17-11(16)15-6-4-5-10-7-13-9-14-8-10/h7-9H,4-6H2,1-3H3,(H,15,16). The van der Waals surface area contributed by atoms with E-state index in [-0.39, 0.29) is 6.09 Å². The molecule has 94 valence electrons. The third kappa shape index (κ3) is 6.50. The van der Waals surface area contributed by atoms with Crippen molar-refractivity contribution in [3.8, 4) is 0 Å². The number of ether oxygens (including phenoxy) is 1. The Bertz CT molecular complexity index is 347. The Balaban J connectivity index is 2.14. The van der Waals surface area contributed by atoms with E-state index in [4.69, 9.17) is 4.74 Å². The molecule has 1 rings (SSSR count). The van der Waals surface area contributed by atoms with E-state index in [1.807, 2.05) is 20.8 Å². The normalized spacial score (nSPS) is 11.0. The highest BCUT2D eigenvalue weighted by Crippen LogP contribution is 2.06. The second kappa shape index (κ2) is 6.18. The second-order valence-electron chi connectivity index (χ2n) is 4.78. The molecule has 0 saturated carbocycles. The lowest BCUT2D eigenvalue weighted by Crippen LogP contribution is -2.33. The summed E-state index contributed by atoms with van der Waals surface area (Å²) in [5, 5.41) is 2.71. The lowest BCUT2D eigenvalue weighted by Gasteiger charge is -2.19. The van der Waals surface area contributed by atoms with Gasteiger partial charge in [0.1, 0.15) is 11.9 Å². The predicted octanol–water partition coefficient (Wildman–Crippen LogP) is 1.93. The topological polar surface area (TPSA) is 64.1 Å². The van der Waals surface area contributed by atoms with Crippen LogP contribution in [0, 0.1) is 0 Å². The predicted molar refractivity (Wildman–Crippen MR) is 64.6 cm³/mol. The molecule has 0 unspecified atom stereocenters. The van der Waals surface area contributed by atoms with Gasteiger partial charge >= 0.3 is 6.09 Å². The minimum Gasteiger partial charge on any atom is -0.444 e. The number of rotatable bonds is 4. The van der Waals surface area contributed by atoms with E-state index in [2.05, 4.69) is 15.3 Å². The molecule has 0 aliphatic heterocycles. The van der Waals surface area contributed by atoms with Crippen LogP contribution in [0.1, 0.15) is 32.8 Å². The minimum atomic E-state index is -0.447. The molecule has 1 aromatic heterocycles. The quantitative estimate of drug-likeness (QED) is 0.813. The zero-order valence-corrected chi connectivity index (χ0v) is 10.6. The number of aromatic nitrogens is 2. The molecule has 1 N–H and O–H groups in total. The molecule has 0 aromatic carbocycles. The van der Waals surface area contributed by atoms with Crippen LogP contribution < -0.4 is 5.32 Å². The van der Waals surface area contributed by atoms with Crippen molar-refractivity contribution in [1.82, 2.24) is 15.3 Å². The molecule has 0 radical (unpaired) electrons. The van der Waals surface area contributed by atoms with Crippen LogP contribution in [0.5, 0.6) is 0 Å². The Hall–Kier alpha value is -1.65. The summed E-state index contributed by atoms with van der Waals surface area (Å²) in [6.45, 7) is 6.11. The van der Waals surface area contributed by atoms with E-state index < -0.39 is 5.60 Å². The molecule has 0 fully saturated rings. The molecule has 0 bridgehead atoms. The van der Waals surface area contributed by atoms with Gasteiger partial charge in [-0.1, -0.05) is 0 Å². The van der Waals surface area contributed by atoms with Crippen LogP contribution in [-0.4, -0.2) is 28.2 Å². The van der Waals surface area contributed by atoms with Crippen molar-refractivity contribution >= 4 is 6.09 Å². The summed E-state index contributed by atoms with van der Waals surface area (Å²) in [5.74, 6) is 0. The molecule has 0 saturated heterocycles. The van der Waals surface area contributed by atoms with Gasteiger partial charge in [0.15, 0.2) is 0 Å². The molecule has 1 amide bonds. The summed E-state index contributed by atoms with van der Waals surface area (Å²) in [5.41, 5.74) is 0.621. The SMILES string of the molecule is CC(C)(C)OC(=O)NCCCc1cncnc1. The van der Waals surface area contributed by atoms with Crippen molar-refractivity contribution in [3.05, 3.63) is 24.3 Å². The third-order valence-corrected chi connectivity index (χ3v) is 1.92. The van der Waals surface area contributed by atoms with Gasteiger partial charge in [0.05, 0.1) is 0 Å². The molecule has 0 spiro atoms.